The van der Waals surface area contributed by atoms with Gasteiger partial charge in [-0.25, -0.2) is 17.9 Å². The first-order chi connectivity index (χ1) is 10.1. The summed E-state index contributed by atoms with van der Waals surface area (Å²) in [6.45, 7) is 5.22. The fourth-order valence-electron chi connectivity index (χ4n) is 1.46. The van der Waals surface area contributed by atoms with Crippen LogP contribution in [0.25, 0.3) is 0 Å². The minimum Gasteiger partial charge on any atom is -0.456 e. The number of rotatable bonds is 4. The minimum absolute atomic E-state index is 0.0131. The highest BCUT2D eigenvalue weighted by Gasteiger charge is 2.23. The van der Waals surface area contributed by atoms with E-state index in [1.807, 2.05) is 0 Å². The van der Waals surface area contributed by atoms with Crippen molar-refractivity contribution in [3.8, 4) is 0 Å². The number of thiophene rings is 1. The molecule has 0 aliphatic heterocycles. The van der Waals surface area contributed by atoms with E-state index < -0.39 is 21.6 Å². The van der Waals surface area contributed by atoms with E-state index in [4.69, 9.17) is 4.74 Å². The van der Waals surface area contributed by atoms with Gasteiger partial charge in [0.1, 0.15) is 16.1 Å². The molecule has 0 saturated carbocycles. The molecule has 1 N–H and O–H groups in total. The smallest absolute Gasteiger partial charge is 0.339 e. The molecule has 0 fully saturated rings. The first-order valence-electron chi connectivity index (χ1n) is 6.27. The van der Waals surface area contributed by atoms with Crippen LogP contribution in [0.1, 0.15) is 31.1 Å². The molecule has 2 heterocycles. The first-order valence-corrected chi connectivity index (χ1v) is 8.63. The Labute approximate surface area is 132 Å². The van der Waals surface area contributed by atoms with E-state index >= 15 is 0 Å². The zero-order valence-electron chi connectivity index (χ0n) is 12.5. The maximum Gasteiger partial charge on any atom is 0.339 e. The number of carbonyl (C=O) groups excluding carboxylic acids is 1. The third-order valence-corrected chi connectivity index (χ3v) is 5.07. The SMILES string of the molecule is Cn1cnc(NS(=O)(=O)c2cc(C(=O)OC(C)(C)C)cs2)n1. The fourth-order valence-corrected chi connectivity index (χ4v) is 3.55. The summed E-state index contributed by atoms with van der Waals surface area (Å²) >= 11 is 0.923. The number of sulfonamides is 1. The summed E-state index contributed by atoms with van der Waals surface area (Å²) in [6.07, 6.45) is 1.37. The molecule has 0 aromatic carbocycles. The van der Waals surface area contributed by atoms with Crippen molar-refractivity contribution in [2.75, 3.05) is 4.72 Å². The van der Waals surface area contributed by atoms with Crippen molar-refractivity contribution in [1.29, 1.82) is 0 Å². The van der Waals surface area contributed by atoms with Crippen molar-refractivity contribution in [2.24, 2.45) is 7.05 Å². The molecule has 0 amide bonds. The summed E-state index contributed by atoms with van der Waals surface area (Å²) in [5.74, 6) is -0.601. The number of aryl methyl sites for hydroxylation is 1. The van der Waals surface area contributed by atoms with E-state index in [9.17, 15) is 13.2 Å². The number of nitrogens with one attached hydrogen (secondary N) is 1. The summed E-state index contributed by atoms with van der Waals surface area (Å²) in [6, 6.07) is 1.27. The molecule has 0 unspecified atom stereocenters. The number of aromatic nitrogens is 3. The lowest BCUT2D eigenvalue weighted by Gasteiger charge is -2.18. The third-order valence-electron chi connectivity index (χ3n) is 2.30. The normalized spacial score (nSPS) is 12.2. The lowest BCUT2D eigenvalue weighted by molar-refractivity contribution is 0.00700. The van der Waals surface area contributed by atoms with Crippen molar-refractivity contribution in [2.45, 2.75) is 30.6 Å². The van der Waals surface area contributed by atoms with Crippen LogP contribution in [-0.4, -0.2) is 34.8 Å². The van der Waals surface area contributed by atoms with Crippen molar-refractivity contribution < 1.29 is 17.9 Å². The second kappa shape index (κ2) is 5.69. The summed E-state index contributed by atoms with van der Waals surface area (Å²) in [5, 5.41) is 5.28. The number of carbonyl (C=O) groups is 1. The van der Waals surface area contributed by atoms with Gasteiger partial charge in [0.2, 0.25) is 0 Å². The van der Waals surface area contributed by atoms with Crippen LogP contribution >= 0.6 is 11.3 Å². The Morgan fingerprint density at radius 2 is 2.09 bits per heavy atom. The minimum atomic E-state index is -3.83. The molecule has 22 heavy (non-hydrogen) atoms. The van der Waals surface area contributed by atoms with E-state index in [1.54, 1.807) is 27.8 Å². The van der Waals surface area contributed by atoms with Crippen molar-refractivity contribution in [3.05, 3.63) is 23.3 Å². The number of nitrogens with zero attached hydrogens (tertiary/aromatic N) is 3. The van der Waals surface area contributed by atoms with Crippen LogP contribution in [0.5, 0.6) is 0 Å². The standard InChI is InChI=1S/C12H16N4O4S2/c1-12(2,3)20-10(17)8-5-9(21-6-8)22(18,19)15-11-13-7-16(4)14-11/h5-7H,1-4H3,(H,14,15). The first kappa shape index (κ1) is 16.4. The lowest BCUT2D eigenvalue weighted by atomic mass is 10.2. The zero-order chi connectivity index (χ0) is 16.5. The van der Waals surface area contributed by atoms with Gasteiger partial charge in [-0.1, -0.05) is 0 Å². The van der Waals surface area contributed by atoms with E-state index in [1.165, 1.54) is 22.5 Å². The fraction of sp³-hybridized carbons (Fsp3) is 0.417. The van der Waals surface area contributed by atoms with Crippen molar-refractivity contribution >= 4 is 33.3 Å². The maximum absolute atomic E-state index is 12.2. The average Bonchev–Trinajstić information content (AvgIpc) is 2.95. The van der Waals surface area contributed by atoms with Crippen molar-refractivity contribution in [1.82, 2.24) is 14.8 Å². The monoisotopic (exact) mass is 344 g/mol. The highest BCUT2D eigenvalue weighted by Crippen LogP contribution is 2.23. The van der Waals surface area contributed by atoms with Gasteiger partial charge in [-0.2, -0.15) is 4.98 Å². The van der Waals surface area contributed by atoms with Crippen molar-refractivity contribution in [3.63, 3.8) is 0 Å². The van der Waals surface area contributed by atoms with Crippen LogP contribution in [0, 0.1) is 0 Å². The number of hydrogen-bond donors (Lipinski definition) is 1. The maximum atomic E-state index is 12.2. The van der Waals surface area contributed by atoms with Crippen LogP contribution in [0.2, 0.25) is 0 Å². The Bertz CT molecular complexity index is 786. The Morgan fingerprint density at radius 3 is 2.64 bits per heavy atom. The molecule has 8 nitrogen and oxygen atoms in total. The molecule has 2 rings (SSSR count). The number of esters is 1. The van der Waals surface area contributed by atoms with Gasteiger partial charge < -0.3 is 4.74 Å². The Morgan fingerprint density at radius 1 is 1.41 bits per heavy atom. The molecule has 0 bridgehead atoms. The molecule has 0 atom stereocenters. The van der Waals surface area contributed by atoms with Crippen LogP contribution in [0.3, 0.4) is 0 Å². The summed E-state index contributed by atoms with van der Waals surface area (Å²) in [5.41, 5.74) is -0.456. The van der Waals surface area contributed by atoms with Gasteiger partial charge in [-0.05, 0) is 26.8 Å². The highest BCUT2D eigenvalue weighted by atomic mass is 32.2. The molecule has 10 heteroatoms. The Balaban J connectivity index is 2.18. The topological polar surface area (TPSA) is 103 Å². The van der Waals surface area contributed by atoms with Crippen LogP contribution in [0.15, 0.2) is 22.0 Å². The summed E-state index contributed by atoms with van der Waals surface area (Å²) in [7, 11) is -2.21. The molecule has 120 valence electrons. The predicted molar refractivity (Wildman–Crippen MR) is 81.3 cm³/mol. The van der Waals surface area contributed by atoms with Crippen LogP contribution in [0.4, 0.5) is 5.95 Å². The Hall–Kier alpha value is -1.94. The molecule has 2 aromatic heterocycles. The number of ether oxygens (including phenoxy) is 1. The quantitative estimate of drug-likeness (QED) is 0.846. The van der Waals surface area contributed by atoms with Gasteiger partial charge in [-0.15, -0.1) is 16.4 Å². The largest absolute Gasteiger partial charge is 0.456 e. The van der Waals surface area contributed by atoms with E-state index in [0.717, 1.165) is 11.3 Å². The molecular formula is C12H16N4O4S2. The third kappa shape index (κ3) is 4.04. The van der Waals surface area contributed by atoms with E-state index in [0.29, 0.717) is 0 Å². The van der Waals surface area contributed by atoms with E-state index in [2.05, 4.69) is 14.8 Å². The molecule has 2 aromatic rings. The molecular weight excluding hydrogens is 328 g/mol. The Kier molecular flexibility index (Phi) is 4.25. The zero-order valence-corrected chi connectivity index (χ0v) is 14.2. The van der Waals surface area contributed by atoms with Gasteiger partial charge in [0.05, 0.1) is 5.56 Å². The van der Waals surface area contributed by atoms with Crippen LogP contribution < -0.4 is 4.72 Å². The van der Waals surface area contributed by atoms with E-state index in [-0.39, 0.29) is 15.7 Å². The predicted octanol–water partition coefficient (Wildman–Crippen LogP) is 1.63. The second-order valence-corrected chi connectivity index (χ2v) is 8.32. The van der Waals surface area contributed by atoms with Gasteiger partial charge in [-0.3, -0.25) is 4.68 Å². The van der Waals surface area contributed by atoms with Gasteiger partial charge in [0.25, 0.3) is 16.0 Å². The molecule has 0 aliphatic rings. The number of anilines is 1. The molecule has 0 saturated heterocycles. The van der Waals surface area contributed by atoms with Gasteiger partial charge in [0, 0.05) is 12.4 Å². The van der Waals surface area contributed by atoms with Crippen LogP contribution in [-0.2, 0) is 21.8 Å². The molecule has 0 aliphatic carbocycles. The summed E-state index contributed by atoms with van der Waals surface area (Å²) < 4.78 is 33.2. The van der Waals surface area contributed by atoms with Gasteiger partial charge >= 0.3 is 5.97 Å². The molecule has 0 radical (unpaired) electrons. The second-order valence-electron chi connectivity index (χ2n) is 5.50. The summed E-state index contributed by atoms with van der Waals surface area (Å²) in [4.78, 5) is 15.7. The highest BCUT2D eigenvalue weighted by molar-refractivity contribution is 7.94. The molecule has 0 spiro atoms. The average molecular weight is 344 g/mol. The van der Waals surface area contributed by atoms with Gasteiger partial charge in [0.15, 0.2) is 0 Å². The lowest BCUT2D eigenvalue weighted by Crippen LogP contribution is -2.23. The number of hydrogen-bond acceptors (Lipinski definition) is 7.